The highest BCUT2D eigenvalue weighted by Gasteiger charge is 2.21. The molecule has 1 aromatic carbocycles. The highest BCUT2D eigenvalue weighted by atomic mass is 16.3. The van der Waals surface area contributed by atoms with Gasteiger partial charge in [-0.1, -0.05) is 12.1 Å². The number of phenols is 1. The van der Waals surface area contributed by atoms with Crippen LogP contribution in [0, 0.1) is 0 Å². The number of hydrogen-bond donors (Lipinski definition) is 2. The molecule has 4 heteroatoms. The third-order valence-electron chi connectivity index (χ3n) is 3.13. The molecule has 0 aliphatic carbocycles. The molecule has 0 aromatic heterocycles. The summed E-state index contributed by atoms with van der Waals surface area (Å²) >= 11 is 0. The van der Waals surface area contributed by atoms with Gasteiger partial charge in [-0.15, -0.1) is 0 Å². The van der Waals surface area contributed by atoms with Gasteiger partial charge in [0, 0.05) is 32.6 Å². The predicted molar refractivity (Wildman–Crippen MR) is 65.6 cm³/mol. The van der Waals surface area contributed by atoms with E-state index in [0.717, 1.165) is 25.1 Å². The largest absolute Gasteiger partial charge is 0.508 e. The van der Waals surface area contributed by atoms with Crippen LogP contribution in [0.3, 0.4) is 0 Å². The monoisotopic (exact) mass is 234 g/mol. The van der Waals surface area contributed by atoms with E-state index in [1.807, 2.05) is 19.2 Å². The van der Waals surface area contributed by atoms with Crippen molar-refractivity contribution in [2.24, 2.45) is 0 Å². The van der Waals surface area contributed by atoms with E-state index in [1.165, 1.54) is 0 Å². The number of carbonyl (C=O) groups excluding carboxylic acids is 1. The van der Waals surface area contributed by atoms with Gasteiger partial charge in [0.15, 0.2) is 0 Å². The lowest BCUT2D eigenvalue weighted by molar-refractivity contribution is -0.132. The third-order valence-corrected chi connectivity index (χ3v) is 3.13. The van der Waals surface area contributed by atoms with Crippen LogP contribution in [0.5, 0.6) is 5.75 Å². The van der Waals surface area contributed by atoms with Crippen molar-refractivity contribution in [1.29, 1.82) is 0 Å². The molecule has 0 bridgehead atoms. The smallest absolute Gasteiger partial charge is 0.222 e. The van der Waals surface area contributed by atoms with Crippen molar-refractivity contribution in [1.82, 2.24) is 10.2 Å². The SMILES string of the molecule is CN1CC(NCc2cccc(O)c2)CCC1=O. The molecule has 2 N–H and O–H groups in total. The zero-order valence-corrected chi connectivity index (χ0v) is 10.0. The fourth-order valence-electron chi connectivity index (χ4n) is 2.11. The summed E-state index contributed by atoms with van der Waals surface area (Å²) in [5, 5.41) is 12.8. The second kappa shape index (κ2) is 5.19. The first-order valence-corrected chi connectivity index (χ1v) is 5.90. The Kier molecular flexibility index (Phi) is 3.64. The Labute approximate surface area is 101 Å². The van der Waals surface area contributed by atoms with Crippen LogP contribution in [-0.2, 0) is 11.3 Å². The van der Waals surface area contributed by atoms with Gasteiger partial charge in [0.05, 0.1) is 0 Å². The van der Waals surface area contributed by atoms with Gasteiger partial charge >= 0.3 is 0 Å². The van der Waals surface area contributed by atoms with Crippen molar-refractivity contribution >= 4 is 5.91 Å². The number of nitrogens with one attached hydrogen (secondary N) is 1. The number of aromatic hydroxyl groups is 1. The average Bonchev–Trinajstić information content (AvgIpc) is 2.31. The van der Waals surface area contributed by atoms with Crippen molar-refractivity contribution in [3.05, 3.63) is 29.8 Å². The third kappa shape index (κ3) is 3.20. The van der Waals surface area contributed by atoms with E-state index in [2.05, 4.69) is 5.32 Å². The molecule has 2 rings (SSSR count). The van der Waals surface area contributed by atoms with Crippen LogP contribution in [0.25, 0.3) is 0 Å². The molecule has 4 nitrogen and oxygen atoms in total. The van der Waals surface area contributed by atoms with Gasteiger partial charge in [-0.25, -0.2) is 0 Å². The Morgan fingerprint density at radius 3 is 3.06 bits per heavy atom. The Hall–Kier alpha value is -1.55. The number of rotatable bonds is 3. The van der Waals surface area contributed by atoms with Gasteiger partial charge in [-0.2, -0.15) is 0 Å². The van der Waals surface area contributed by atoms with Crippen LogP contribution < -0.4 is 5.32 Å². The Morgan fingerprint density at radius 1 is 1.53 bits per heavy atom. The maximum atomic E-state index is 11.3. The van der Waals surface area contributed by atoms with E-state index < -0.39 is 0 Å². The zero-order valence-electron chi connectivity index (χ0n) is 10.0. The number of nitrogens with zero attached hydrogens (tertiary/aromatic N) is 1. The number of likely N-dealkylation sites (N-methyl/N-ethyl adjacent to an activating group) is 1. The highest BCUT2D eigenvalue weighted by molar-refractivity contribution is 5.76. The molecule has 0 spiro atoms. The minimum absolute atomic E-state index is 0.223. The molecule has 1 fully saturated rings. The predicted octanol–water partition coefficient (Wildman–Crippen LogP) is 1.10. The zero-order chi connectivity index (χ0) is 12.3. The summed E-state index contributed by atoms with van der Waals surface area (Å²) < 4.78 is 0. The number of piperidine rings is 1. The van der Waals surface area contributed by atoms with Crippen molar-refractivity contribution in [3.8, 4) is 5.75 Å². The Balaban J connectivity index is 1.84. The van der Waals surface area contributed by atoms with Gasteiger partial charge in [0.1, 0.15) is 5.75 Å². The average molecular weight is 234 g/mol. The summed E-state index contributed by atoms with van der Waals surface area (Å²) in [5.74, 6) is 0.514. The lowest BCUT2D eigenvalue weighted by atomic mass is 10.1. The van der Waals surface area contributed by atoms with Crippen molar-refractivity contribution in [2.45, 2.75) is 25.4 Å². The molecule has 1 atom stereocenters. The van der Waals surface area contributed by atoms with Crippen LogP contribution >= 0.6 is 0 Å². The van der Waals surface area contributed by atoms with Gasteiger partial charge in [0.2, 0.25) is 5.91 Å². The number of benzene rings is 1. The number of amides is 1. The summed E-state index contributed by atoms with van der Waals surface area (Å²) in [5.41, 5.74) is 1.06. The number of phenolic OH excluding ortho intramolecular Hbond substituents is 1. The molecular weight excluding hydrogens is 216 g/mol. The summed E-state index contributed by atoms with van der Waals surface area (Å²) in [7, 11) is 1.84. The van der Waals surface area contributed by atoms with Crippen LogP contribution in [0.2, 0.25) is 0 Å². The van der Waals surface area contributed by atoms with E-state index in [0.29, 0.717) is 18.2 Å². The Bertz CT molecular complexity index is 406. The van der Waals surface area contributed by atoms with E-state index in [9.17, 15) is 9.90 Å². The normalized spacial score (nSPS) is 20.6. The molecule has 1 aliphatic heterocycles. The minimum atomic E-state index is 0.223. The van der Waals surface area contributed by atoms with Crippen molar-refractivity contribution in [2.75, 3.05) is 13.6 Å². The Morgan fingerprint density at radius 2 is 2.35 bits per heavy atom. The first kappa shape index (κ1) is 11.9. The van der Waals surface area contributed by atoms with Gasteiger partial charge in [-0.3, -0.25) is 4.79 Å². The van der Waals surface area contributed by atoms with E-state index in [1.54, 1.807) is 17.0 Å². The first-order valence-electron chi connectivity index (χ1n) is 5.90. The molecular formula is C13H18N2O2. The number of carbonyl (C=O) groups is 1. The summed E-state index contributed by atoms with van der Waals surface area (Å²) in [6, 6.07) is 7.58. The van der Waals surface area contributed by atoms with Crippen LogP contribution in [0.1, 0.15) is 18.4 Å². The molecule has 92 valence electrons. The van der Waals surface area contributed by atoms with E-state index >= 15 is 0 Å². The second-order valence-electron chi connectivity index (χ2n) is 4.56. The first-order chi connectivity index (χ1) is 8.15. The lowest BCUT2D eigenvalue weighted by Crippen LogP contribution is -2.46. The summed E-state index contributed by atoms with van der Waals surface area (Å²) in [6.07, 6.45) is 1.51. The molecule has 1 unspecified atom stereocenters. The maximum Gasteiger partial charge on any atom is 0.222 e. The fourth-order valence-corrected chi connectivity index (χ4v) is 2.11. The van der Waals surface area contributed by atoms with Crippen molar-refractivity contribution in [3.63, 3.8) is 0 Å². The second-order valence-corrected chi connectivity index (χ2v) is 4.56. The molecule has 1 saturated heterocycles. The van der Waals surface area contributed by atoms with E-state index in [4.69, 9.17) is 0 Å². The molecule has 0 radical (unpaired) electrons. The molecule has 1 aliphatic rings. The van der Waals surface area contributed by atoms with Gasteiger partial charge in [0.25, 0.3) is 0 Å². The van der Waals surface area contributed by atoms with Crippen molar-refractivity contribution < 1.29 is 9.90 Å². The molecule has 1 amide bonds. The van der Waals surface area contributed by atoms with Gasteiger partial charge in [-0.05, 0) is 24.1 Å². The maximum absolute atomic E-state index is 11.3. The number of hydrogen-bond acceptors (Lipinski definition) is 3. The van der Waals surface area contributed by atoms with E-state index in [-0.39, 0.29) is 5.91 Å². The highest BCUT2D eigenvalue weighted by Crippen LogP contribution is 2.13. The van der Waals surface area contributed by atoms with Crippen LogP contribution in [0.15, 0.2) is 24.3 Å². The molecule has 1 aromatic rings. The fraction of sp³-hybridized carbons (Fsp3) is 0.462. The summed E-state index contributed by atoms with van der Waals surface area (Å²) in [6.45, 7) is 1.48. The summed E-state index contributed by atoms with van der Waals surface area (Å²) in [4.78, 5) is 13.1. The number of likely N-dealkylation sites (tertiary alicyclic amines) is 1. The van der Waals surface area contributed by atoms with Gasteiger partial charge < -0.3 is 15.3 Å². The quantitative estimate of drug-likeness (QED) is 0.823. The minimum Gasteiger partial charge on any atom is -0.508 e. The molecule has 1 heterocycles. The lowest BCUT2D eigenvalue weighted by Gasteiger charge is -2.30. The topological polar surface area (TPSA) is 52.6 Å². The van der Waals surface area contributed by atoms with Crippen LogP contribution in [-0.4, -0.2) is 35.5 Å². The molecule has 17 heavy (non-hydrogen) atoms. The molecule has 0 saturated carbocycles. The van der Waals surface area contributed by atoms with Crippen LogP contribution in [0.4, 0.5) is 0 Å². The standard InChI is InChI=1S/C13H18N2O2/c1-15-9-11(5-6-13(15)17)14-8-10-3-2-4-12(16)7-10/h2-4,7,11,14,16H,5-6,8-9H2,1H3.